The van der Waals surface area contributed by atoms with Crippen molar-refractivity contribution in [2.75, 3.05) is 18.0 Å². The summed E-state index contributed by atoms with van der Waals surface area (Å²) < 4.78 is 0.292. The molecule has 5 nitrogen and oxygen atoms in total. The highest BCUT2D eigenvalue weighted by molar-refractivity contribution is 8.26. The van der Waals surface area contributed by atoms with Gasteiger partial charge in [-0.05, 0) is 49.6 Å². The highest BCUT2D eigenvalue weighted by atomic mass is 32.2. The molecule has 0 bridgehead atoms. The topological polar surface area (TPSA) is 60.9 Å². The van der Waals surface area contributed by atoms with Crippen molar-refractivity contribution in [3.63, 3.8) is 0 Å². The van der Waals surface area contributed by atoms with Gasteiger partial charge in [-0.2, -0.15) is 0 Å². The number of aliphatic carboxylic acids is 1. The first-order chi connectivity index (χ1) is 11.4. The lowest BCUT2D eigenvalue weighted by atomic mass is 10.1. The second-order valence-electron chi connectivity index (χ2n) is 5.89. The van der Waals surface area contributed by atoms with Gasteiger partial charge in [0.2, 0.25) is 0 Å². The van der Waals surface area contributed by atoms with E-state index in [0.29, 0.717) is 15.3 Å². The highest BCUT2D eigenvalue weighted by Gasteiger charge is 2.33. The van der Waals surface area contributed by atoms with Gasteiger partial charge in [0.05, 0.1) is 4.91 Å². The van der Waals surface area contributed by atoms with Crippen LogP contribution in [0.15, 0.2) is 23.1 Å². The fraction of sp³-hybridized carbons (Fsp3) is 0.353. The Morgan fingerprint density at radius 1 is 1.50 bits per heavy atom. The molecule has 7 heteroatoms. The van der Waals surface area contributed by atoms with Crippen molar-refractivity contribution < 1.29 is 14.7 Å². The number of thioether (sulfide) groups is 1. The molecule has 1 unspecified atom stereocenters. The number of amides is 1. The molecule has 1 aromatic carbocycles. The molecular weight excluding hydrogens is 344 g/mol. The average Bonchev–Trinajstić information content (AvgIpc) is 2.97. The van der Waals surface area contributed by atoms with Crippen LogP contribution in [0.3, 0.4) is 0 Å². The fourth-order valence-electron chi connectivity index (χ4n) is 3.21. The van der Waals surface area contributed by atoms with Gasteiger partial charge in [0, 0.05) is 18.3 Å². The number of carbonyl (C=O) groups excluding carboxylic acids is 1. The van der Waals surface area contributed by atoms with Crippen LogP contribution in [-0.4, -0.2) is 45.3 Å². The Labute approximate surface area is 150 Å². The van der Waals surface area contributed by atoms with E-state index in [1.54, 1.807) is 6.08 Å². The molecule has 0 spiro atoms. The van der Waals surface area contributed by atoms with E-state index in [0.717, 1.165) is 35.2 Å². The van der Waals surface area contributed by atoms with E-state index < -0.39 is 12.5 Å². The summed E-state index contributed by atoms with van der Waals surface area (Å²) in [6.45, 7) is 4.93. The van der Waals surface area contributed by atoms with E-state index in [-0.39, 0.29) is 5.91 Å². The number of carboxylic acid groups (broad SMARTS) is 1. The second kappa shape index (κ2) is 6.57. The first-order valence-electron chi connectivity index (χ1n) is 7.77. The Balaban J connectivity index is 1.86. The molecular formula is C17H18N2O3S2. The molecule has 2 aliphatic rings. The molecule has 2 aliphatic heterocycles. The lowest BCUT2D eigenvalue weighted by molar-refractivity contribution is -0.140. The summed E-state index contributed by atoms with van der Waals surface area (Å²) in [5, 5.41) is 8.88. The summed E-state index contributed by atoms with van der Waals surface area (Å²) >= 11 is 6.27. The van der Waals surface area contributed by atoms with E-state index in [1.165, 1.54) is 11.3 Å². The smallest absolute Gasteiger partial charge is 0.323 e. The predicted molar refractivity (Wildman–Crippen MR) is 100 cm³/mol. The van der Waals surface area contributed by atoms with Crippen LogP contribution >= 0.6 is 24.0 Å². The number of hydrogen-bond donors (Lipinski definition) is 1. The van der Waals surface area contributed by atoms with Crippen molar-refractivity contribution in [1.29, 1.82) is 0 Å². The molecule has 1 saturated heterocycles. The van der Waals surface area contributed by atoms with Crippen molar-refractivity contribution in [2.45, 2.75) is 26.3 Å². The van der Waals surface area contributed by atoms with E-state index in [1.807, 2.05) is 6.07 Å². The molecule has 1 fully saturated rings. The number of benzene rings is 1. The molecule has 0 aliphatic carbocycles. The molecule has 1 aromatic rings. The van der Waals surface area contributed by atoms with E-state index in [9.17, 15) is 9.59 Å². The van der Waals surface area contributed by atoms with Crippen LogP contribution in [0.2, 0.25) is 0 Å². The number of hydrogen-bond acceptors (Lipinski definition) is 5. The normalized spacial score (nSPS) is 21.8. The third kappa shape index (κ3) is 3.06. The van der Waals surface area contributed by atoms with Crippen molar-refractivity contribution in [2.24, 2.45) is 0 Å². The zero-order chi connectivity index (χ0) is 17.4. The van der Waals surface area contributed by atoms with E-state index in [2.05, 4.69) is 30.9 Å². The van der Waals surface area contributed by atoms with Gasteiger partial charge in [-0.15, -0.1) is 0 Å². The van der Waals surface area contributed by atoms with Crippen LogP contribution in [0, 0.1) is 0 Å². The highest BCUT2D eigenvalue weighted by Crippen LogP contribution is 2.35. The van der Waals surface area contributed by atoms with Gasteiger partial charge in [-0.3, -0.25) is 14.5 Å². The lowest BCUT2D eigenvalue weighted by Crippen LogP contribution is -2.33. The summed E-state index contributed by atoms with van der Waals surface area (Å²) in [4.78, 5) is 27.1. The Kier molecular flexibility index (Phi) is 4.64. The van der Waals surface area contributed by atoms with Crippen molar-refractivity contribution in [1.82, 2.24) is 4.90 Å². The number of carboxylic acids is 1. The minimum absolute atomic E-state index is 0.292. The molecule has 2 heterocycles. The molecule has 0 aromatic heterocycles. The standard InChI is InChI=1S/C17H18N2O3S2/c1-3-18-10(2)6-12-7-11(4-5-13(12)18)8-14-16(22)19(9-15(20)21)17(23)24-14/h4-5,7-8,10H,3,6,9H2,1-2H3,(H,20,21). The molecule has 1 amide bonds. The van der Waals surface area contributed by atoms with Gasteiger partial charge in [-0.25, -0.2) is 0 Å². The van der Waals surface area contributed by atoms with Gasteiger partial charge >= 0.3 is 5.97 Å². The zero-order valence-corrected chi connectivity index (χ0v) is 15.1. The number of fused-ring (bicyclic) bond motifs is 1. The summed E-state index contributed by atoms with van der Waals surface area (Å²) in [5.41, 5.74) is 3.47. The van der Waals surface area contributed by atoms with Crippen molar-refractivity contribution in [3.8, 4) is 0 Å². The summed E-state index contributed by atoms with van der Waals surface area (Å²) in [6.07, 6.45) is 2.78. The van der Waals surface area contributed by atoms with E-state index in [4.69, 9.17) is 17.3 Å². The third-order valence-electron chi connectivity index (χ3n) is 4.27. The molecule has 1 atom stereocenters. The molecule has 3 rings (SSSR count). The van der Waals surface area contributed by atoms with Gasteiger partial charge in [-0.1, -0.05) is 30.0 Å². The van der Waals surface area contributed by atoms with Gasteiger partial charge in [0.1, 0.15) is 10.9 Å². The molecule has 126 valence electrons. The maximum absolute atomic E-state index is 12.3. The van der Waals surface area contributed by atoms with Crippen LogP contribution in [0.25, 0.3) is 6.08 Å². The summed E-state index contributed by atoms with van der Waals surface area (Å²) in [7, 11) is 0. The van der Waals surface area contributed by atoms with E-state index >= 15 is 0 Å². The largest absolute Gasteiger partial charge is 0.480 e. The average molecular weight is 362 g/mol. The van der Waals surface area contributed by atoms with Gasteiger partial charge in [0.15, 0.2) is 0 Å². The Hall–Kier alpha value is -1.86. The Bertz CT molecular complexity index is 760. The number of thiocarbonyl (C=S) groups is 1. The van der Waals surface area contributed by atoms with Crippen LogP contribution < -0.4 is 4.90 Å². The first kappa shape index (κ1) is 17.0. The summed E-state index contributed by atoms with van der Waals surface area (Å²) in [6, 6.07) is 6.66. The van der Waals surface area contributed by atoms with Crippen LogP contribution in [-0.2, 0) is 16.0 Å². The van der Waals surface area contributed by atoms with Crippen LogP contribution in [0.1, 0.15) is 25.0 Å². The minimum atomic E-state index is -1.07. The maximum atomic E-state index is 12.3. The minimum Gasteiger partial charge on any atom is -0.480 e. The number of likely N-dealkylation sites (N-methyl/N-ethyl adjacent to an activating group) is 1. The zero-order valence-electron chi connectivity index (χ0n) is 13.5. The first-order valence-corrected chi connectivity index (χ1v) is 9.00. The Morgan fingerprint density at radius 3 is 2.92 bits per heavy atom. The lowest BCUT2D eigenvalue weighted by Gasteiger charge is -2.22. The molecule has 1 N–H and O–H groups in total. The number of anilines is 1. The SMILES string of the molecule is CCN1c2ccc(C=C3SC(=S)N(CC(=O)O)C3=O)cc2CC1C. The summed E-state index contributed by atoms with van der Waals surface area (Å²) in [5.74, 6) is -1.41. The number of nitrogens with zero attached hydrogens (tertiary/aromatic N) is 2. The molecule has 0 radical (unpaired) electrons. The van der Waals surface area contributed by atoms with Crippen molar-refractivity contribution in [3.05, 3.63) is 34.2 Å². The second-order valence-corrected chi connectivity index (χ2v) is 7.56. The van der Waals surface area contributed by atoms with Crippen LogP contribution in [0.4, 0.5) is 5.69 Å². The number of carbonyl (C=O) groups is 2. The monoisotopic (exact) mass is 362 g/mol. The van der Waals surface area contributed by atoms with Gasteiger partial charge < -0.3 is 10.0 Å². The van der Waals surface area contributed by atoms with Crippen molar-refractivity contribution >= 4 is 51.9 Å². The predicted octanol–water partition coefficient (Wildman–Crippen LogP) is 2.74. The van der Waals surface area contributed by atoms with Crippen LogP contribution in [0.5, 0.6) is 0 Å². The Morgan fingerprint density at radius 2 is 2.25 bits per heavy atom. The maximum Gasteiger partial charge on any atom is 0.323 e. The third-order valence-corrected chi connectivity index (χ3v) is 5.64. The fourth-order valence-corrected chi connectivity index (χ4v) is 4.46. The molecule has 24 heavy (non-hydrogen) atoms. The van der Waals surface area contributed by atoms with Gasteiger partial charge in [0.25, 0.3) is 5.91 Å². The quantitative estimate of drug-likeness (QED) is 0.656. The molecule has 0 saturated carbocycles. The number of rotatable bonds is 4.